The Morgan fingerprint density at radius 1 is 1.53 bits per heavy atom. The zero-order chi connectivity index (χ0) is 11.3. The lowest BCUT2D eigenvalue weighted by Crippen LogP contribution is -2.26. The van der Waals surface area contributed by atoms with Crippen molar-refractivity contribution in [1.29, 1.82) is 0 Å². The van der Waals surface area contributed by atoms with E-state index in [1.54, 1.807) is 12.1 Å². The average Bonchev–Trinajstić information content (AvgIpc) is 2.21. The van der Waals surface area contributed by atoms with Crippen molar-refractivity contribution in [2.45, 2.75) is 19.9 Å². The Balaban J connectivity index is 2.79. The minimum absolute atomic E-state index is 0.142. The van der Waals surface area contributed by atoms with E-state index >= 15 is 0 Å². The third-order valence-electron chi connectivity index (χ3n) is 2.22. The van der Waals surface area contributed by atoms with E-state index in [0.29, 0.717) is 5.92 Å². The molecule has 1 heterocycles. The Morgan fingerprint density at radius 3 is 2.73 bits per heavy atom. The van der Waals surface area contributed by atoms with Gasteiger partial charge >= 0.3 is 0 Å². The quantitative estimate of drug-likeness (QED) is 0.752. The molecule has 0 spiro atoms. The van der Waals surface area contributed by atoms with E-state index in [0.717, 1.165) is 12.2 Å². The standard InChI is InChI=1S/C12H17FN2/c1-4-7-14-12(9(2)3)11-6-5-10(13)8-15-11/h4-6,8-9,12,14H,1,7H2,2-3H3. The van der Waals surface area contributed by atoms with Crippen LogP contribution in [0.1, 0.15) is 25.6 Å². The van der Waals surface area contributed by atoms with Crippen molar-refractivity contribution in [3.63, 3.8) is 0 Å². The number of aromatic nitrogens is 1. The second-order valence-electron chi connectivity index (χ2n) is 3.82. The van der Waals surface area contributed by atoms with Gasteiger partial charge in [0.15, 0.2) is 0 Å². The van der Waals surface area contributed by atoms with Gasteiger partial charge < -0.3 is 5.32 Å². The van der Waals surface area contributed by atoms with E-state index in [1.165, 1.54) is 12.3 Å². The van der Waals surface area contributed by atoms with Gasteiger partial charge in [-0.25, -0.2) is 4.39 Å². The van der Waals surface area contributed by atoms with E-state index < -0.39 is 0 Å². The second-order valence-corrected chi connectivity index (χ2v) is 3.82. The summed E-state index contributed by atoms with van der Waals surface area (Å²) in [4.78, 5) is 4.08. The van der Waals surface area contributed by atoms with Crippen LogP contribution in [0, 0.1) is 11.7 Å². The van der Waals surface area contributed by atoms with Gasteiger partial charge in [0, 0.05) is 6.54 Å². The van der Waals surface area contributed by atoms with Gasteiger partial charge in [0.1, 0.15) is 5.82 Å². The number of nitrogens with one attached hydrogen (secondary N) is 1. The van der Waals surface area contributed by atoms with Gasteiger partial charge in [-0.1, -0.05) is 19.9 Å². The monoisotopic (exact) mass is 208 g/mol. The molecule has 1 atom stereocenters. The highest BCUT2D eigenvalue weighted by molar-refractivity contribution is 5.10. The first kappa shape index (κ1) is 11.9. The third kappa shape index (κ3) is 3.44. The van der Waals surface area contributed by atoms with Crippen LogP contribution in [0.4, 0.5) is 4.39 Å². The van der Waals surface area contributed by atoms with Crippen LogP contribution in [0.25, 0.3) is 0 Å². The molecule has 82 valence electrons. The van der Waals surface area contributed by atoms with Crippen molar-refractivity contribution in [3.05, 3.63) is 42.5 Å². The summed E-state index contributed by atoms with van der Waals surface area (Å²) in [6.45, 7) is 8.59. The molecule has 0 aromatic carbocycles. The SMILES string of the molecule is C=CCNC(c1ccc(F)cn1)C(C)C. The molecule has 0 amide bonds. The molecule has 1 unspecified atom stereocenters. The molecule has 0 aliphatic carbocycles. The predicted octanol–water partition coefficient (Wildman–Crippen LogP) is 2.69. The van der Waals surface area contributed by atoms with Crippen LogP contribution >= 0.6 is 0 Å². The highest BCUT2D eigenvalue weighted by Crippen LogP contribution is 2.19. The van der Waals surface area contributed by atoms with Crippen LogP contribution in [0.2, 0.25) is 0 Å². The summed E-state index contributed by atoms with van der Waals surface area (Å²) in [5, 5.41) is 3.30. The molecular formula is C12H17FN2. The van der Waals surface area contributed by atoms with Crippen LogP contribution in [0.3, 0.4) is 0 Å². The first-order valence-electron chi connectivity index (χ1n) is 5.11. The molecule has 3 heteroatoms. The van der Waals surface area contributed by atoms with Gasteiger partial charge in [0.2, 0.25) is 0 Å². The molecule has 1 rings (SSSR count). The third-order valence-corrected chi connectivity index (χ3v) is 2.22. The van der Waals surface area contributed by atoms with E-state index in [-0.39, 0.29) is 11.9 Å². The maximum atomic E-state index is 12.7. The summed E-state index contributed by atoms with van der Waals surface area (Å²) in [7, 11) is 0. The molecule has 1 N–H and O–H groups in total. The topological polar surface area (TPSA) is 24.9 Å². The first-order valence-corrected chi connectivity index (χ1v) is 5.11. The summed E-state index contributed by atoms with van der Waals surface area (Å²) < 4.78 is 12.7. The van der Waals surface area contributed by atoms with Gasteiger partial charge in [-0.2, -0.15) is 0 Å². The number of rotatable bonds is 5. The predicted molar refractivity (Wildman–Crippen MR) is 60.0 cm³/mol. The van der Waals surface area contributed by atoms with Gasteiger partial charge in [-0.15, -0.1) is 6.58 Å². The van der Waals surface area contributed by atoms with E-state index in [1.807, 2.05) is 0 Å². The molecule has 0 aliphatic rings. The summed E-state index contributed by atoms with van der Waals surface area (Å²) in [6.07, 6.45) is 3.05. The van der Waals surface area contributed by atoms with E-state index in [4.69, 9.17) is 0 Å². The maximum Gasteiger partial charge on any atom is 0.141 e. The molecule has 2 nitrogen and oxygen atoms in total. The Hall–Kier alpha value is -1.22. The molecule has 0 radical (unpaired) electrons. The van der Waals surface area contributed by atoms with Gasteiger partial charge in [0.05, 0.1) is 17.9 Å². The largest absolute Gasteiger partial charge is 0.305 e. The lowest BCUT2D eigenvalue weighted by molar-refractivity contribution is 0.419. The van der Waals surface area contributed by atoms with Crippen LogP contribution < -0.4 is 5.32 Å². The van der Waals surface area contributed by atoms with Gasteiger partial charge in [-0.3, -0.25) is 4.98 Å². The molecule has 0 fully saturated rings. The molecule has 0 bridgehead atoms. The molecule has 0 aliphatic heterocycles. The van der Waals surface area contributed by atoms with Gasteiger partial charge in [-0.05, 0) is 18.1 Å². The Morgan fingerprint density at radius 2 is 2.27 bits per heavy atom. The fourth-order valence-corrected chi connectivity index (χ4v) is 1.46. The number of nitrogens with zero attached hydrogens (tertiary/aromatic N) is 1. The van der Waals surface area contributed by atoms with Crippen molar-refractivity contribution in [3.8, 4) is 0 Å². The number of pyridine rings is 1. The summed E-state index contributed by atoms with van der Waals surface area (Å²) >= 11 is 0. The second kappa shape index (κ2) is 5.61. The number of hydrogen-bond donors (Lipinski definition) is 1. The Bertz CT molecular complexity index is 306. The minimum atomic E-state index is -0.301. The molecule has 0 saturated heterocycles. The molecule has 15 heavy (non-hydrogen) atoms. The number of halogens is 1. The van der Waals surface area contributed by atoms with Crippen molar-refractivity contribution < 1.29 is 4.39 Å². The minimum Gasteiger partial charge on any atom is -0.305 e. The summed E-state index contributed by atoms with van der Waals surface area (Å²) in [6, 6.07) is 3.30. The van der Waals surface area contributed by atoms with Gasteiger partial charge in [0.25, 0.3) is 0 Å². The van der Waals surface area contributed by atoms with Crippen LogP contribution in [0.5, 0.6) is 0 Å². The van der Waals surface area contributed by atoms with E-state index in [2.05, 4.69) is 30.7 Å². The smallest absolute Gasteiger partial charge is 0.141 e. The maximum absolute atomic E-state index is 12.7. The van der Waals surface area contributed by atoms with Crippen LogP contribution in [-0.4, -0.2) is 11.5 Å². The summed E-state index contributed by atoms with van der Waals surface area (Å²) in [5.74, 6) is 0.105. The molecular weight excluding hydrogens is 191 g/mol. The average molecular weight is 208 g/mol. The first-order chi connectivity index (χ1) is 7.15. The zero-order valence-corrected chi connectivity index (χ0v) is 9.20. The molecule has 0 saturated carbocycles. The van der Waals surface area contributed by atoms with Crippen molar-refractivity contribution >= 4 is 0 Å². The Labute approximate surface area is 90.2 Å². The lowest BCUT2D eigenvalue weighted by Gasteiger charge is -2.21. The fraction of sp³-hybridized carbons (Fsp3) is 0.417. The van der Waals surface area contributed by atoms with E-state index in [9.17, 15) is 4.39 Å². The Kier molecular flexibility index (Phi) is 4.43. The normalized spacial score (nSPS) is 12.8. The fourth-order valence-electron chi connectivity index (χ4n) is 1.46. The number of hydrogen-bond acceptors (Lipinski definition) is 2. The summed E-state index contributed by atoms with van der Waals surface area (Å²) in [5.41, 5.74) is 0.869. The molecule has 1 aromatic heterocycles. The van der Waals surface area contributed by atoms with Crippen molar-refractivity contribution in [1.82, 2.24) is 10.3 Å². The molecule has 1 aromatic rings. The highest BCUT2D eigenvalue weighted by Gasteiger charge is 2.15. The van der Waals surface area contributed by atoms with Crippen LogP contribution in [0.15, 0.2) is 31.0 Å². The van der Waals surface area contributed by atoms with Crippen LogP contribution in [-0.2, 0) is 0 Å². The zero-order valence-electron chi connectivity index (χ0n) is 9.20. The van der Waals surface area contributed by atoms with Crippen molar-refractivity contribution in [2.75, 3.05) is 6.54 Å². The van der Waals surface area contributed by atoms with Crippen molar-refractivity contribution in [2.24, 2.45) is 5.92 Å². The highest BCUT2D eigenvalue weighted by atomic mass is 19.1. The lowest BCUT2D eigenvalue weighted by atomic mass is 10.0.